The Morgan fingerprint density at radius 1 is 0.889 bits per heavy atom. The zero-order valence-electron chi connectivity index (χ0n) is 15.5. The summed E-state index contributed by atoms with van der Waals surface area (Å²) in [6.45, 7) is 2.89. The van der Waals surface area contributed by atoms with E-state index in [1.54, 1.807) is 12.1 Å². The van der Waals surface area contributed by atoms with E-state index < -0.39 is 0 Å². The minimum absolute atomic E-state index is 0.0400. The monoisotopic (exact) mass is 363 g/mol. The van der Waals surface area contributed by atoms with Crippen molar-refractivity contribution in [2.24, 2.45) is 0 Å². The van der Waals surface area contributed by atoms with Gasteiger partial charge in [0.2, 0.25) is 5.91 Å². The van der Waals surface area contributed by atoms with Crippen molar-refractivity contribution >= 4 is 23.2 Å². The lowest BCUT2D eigenvalue weighted by molar-refractivity contribution is -0.115. The summed E-state index contributed by atoms with van der Waals surface area (Å²) in [7, 11) is 0. The van der Waals surface area contributed by atoms with E-state index >= 15 is 0 Å². The molecule has 0 aromatic heterocycles. The van der Waals surface area contributed by atoms with Crippen LogP contribution >= 0.6 is 0 Å². The molecular formula is C22H25N3O2. The number of carbonyl (C=O) groups excluding carboxylic acids is 2. The van der Waals surface area contributed by atoms with Gasteiger partial charge in [0.25, 0.3) is 5.91 Å². The van der Waals surface area contributed by atoms with E-state index in [2.05, 4.69) is 22.3 Å². The van der Waals surface area contributed by atoms with E-state index in [0.29, 0.717) is 12.1 Å². The lowest BCUT2D eigenvalue weighted by atomic mass is 10.1. The molecule has 2 amide bonds. The van der Waals surface area contributed by atoms with Crippen molar-refractivity contribution in [1.82, 2.24) is 4.90 Å². The summed E-state index contributed by atoms with van der Waals surface area (Å²) in [6, 6.07) is 15.5. The lowest BCUT2D eigenvalue weighted by Crippen LogP contribution is -2.35. The SMILES string of the molecule is O=C(CN1CCc2ccccc21)Nc1ccc(C(=O)N2CCCCC2)cc1. The fourth-order valence-electron chi connectivity index (χ4n) is 3.92. The molecule has 0 atom stereocenters. The first-order valence-corrected chi connectivity index (χ1v) is 9.73. The number of hydrogen-bond donors (Lipinski definition) is 1. The van der Waals surface area contributed by atoms with Crippen LogP contribution in [0.2, 0.25) is 0 Å². The fraction of sp³-hybridized carbons (Fsp3) is 0.364. The van der Waals surface area contributed by atoms with Crippen molar-refractivity contribution in [3.05, 3.63) is 59.7 Å². The largest absolute Gasteiger partial charge is 0.362 e. The van der Waals surface area contributed by atoms with Crippen LogP contribution in [0.1, 0.15) is 35.2 Å². The average molecular weight is 363 g/mol. The minimum Gasteiger partial charge on any atom is -0.362 e. The number of rotatable bonds is 4. The topological polar surface area (TPSA) is 52.7 Å². The fourth-order valence-corrected chi connectivity index (χ4v) is 3.92. The predicted molar refractivity (Wildman–Crippen MR) is 107 cm³/mol. The van der Waals surface area contributed by atoms with Gasteiger partial charge in [-0.2, -0.15) is 0 Å². The molecule has 0 saturated carbocycles. The van der Waals surface area contributed by atoms with Gasteiger partial charge in [0, 0.05) is 36.6 Å². The third kappa shape index (κ3) is 3.97. The molecule has 2 aliphatic heterocycles. The van der Waals surface area contributed by atoms with E-state index in [4.69, 9.17) is 0 Å². The van der Waals surface area contributed by atoms with E-state index in [-0.39, 0.29) is 11.8 Å². The van der Waals surface area contributed by atoms with Crippen molar-refractivity contribution in [2.45, 2.75) is 25.7 Å². The Morgan fingerprint density at radius 3 is 2.41 bits per heavy atom. The normalized spacial score (nSPS) is 16.1. The number of anilines is 2. The summed E-state index contributed by atoms with van der Waals surface area (Å²) in [5, 5.41) is 2.94. The Kier molecular flexibility index (Phi) is 5.10. The second kappa shape index (κ2) is 7.82. The number of likely N-dealkylation sites (tertiary alicyclic amines) is 1. The zero-order chi connectivity index (χ0) is 18.6. The molecule has 27 heavy (non-hydrogen) atoms. The van der Waals surface area contributed by atoms with Crippen molar-refractivity contribution in [2.75, 3.05) is 36.4 Å². The van der Waals surface area contributed by atoms with Gasteiger partial charge in [-0.05, 0) is 61.6 Å². The van der Waals surface area contributed by atoms with Crippen molar-refractivity contribution in [3.8, 4) is 0 Å². The van der Waals surface area contributed by atoms with Crippen LogP contribution in [0.25, 0.3) is 0 Å². The van der Waals surface area contributed by atoms with Crippen LogP contribution in [0, 0.1) is 0 Å². The summed E-state index contributed by atoms with van der Waals surface area (Å²) < 4.78 is 0. The van der Waals surface area contributed by atoms with Crippen LogP contribution in [0.3, 0.4) is 0 Å². The molecule has 5 heteroatoms. The van der Waals surface area contributed by atoms with E-state index in [1.807, 2.05) is 29.2 Å². The van der Waals surface area contributed by atoms with Gasteiger partial charge in [0.15, 0.2) is 0 Å². The van der Waals surface area contributed by atoms with Gasteiger partial charge < -0.3 is 15.1 Å². The Bertz CT molecular complexity index is 826. The molecule has 2 aromatic rings. The molecule has 2 aliphatic rings. The lowest BCUT2D eigenvalue weighted by Gasteiger charge is -2.26. The van der Waals surface area contributed by atoms with E-state index in [9.17, 15) is 9.59 Å². The molecule has 2 aromatic carbocycles. The molecule has 5 nitrogen and oxygen atoms in total. The summed E-state index contributed by atoms with van der Waals surface area (Å²) in [5.41, 5.74) is 3.85. The summed E-state index contributed by atoms with van der Waals surface area (Å²) >= 11 is 0. The van der Waals surface area contributed by atoms with Crippen molar-refractivity contribution in [3.63, 3.8) is 0 Å². The minimum atomic E-state index is -0.0400. The second-order valence-corrected chi connectivity index (χ2v) is 7.28. The number of nitrogens with one attached hydrogen (secondary N) is 1. The van der Waals surface area contributed by atoms with E-state index in [1.165, 1.54) is 12.0 Å². The van der Waals surface area contributed by atoms with Gasteiger partial charge in [-0.25, -0.2) is 0 Å². The molecule has 0 unspecified atom stereocenters. The number of amides is 2. The highest BCUT2D eigenvalue weighted by molar-refractivity contribution is 5.97. The molecule has 4 rings (SSSR count). The van der Waals surface area contributed by atoms with Gasteiger partial charge in [0.1, 0.15) is 0 Å². The van der Waals surface area contributed by atoms with Gasteiger partial charge >= 0.3 is 0 Å². The molecule has 1 saturated heterocycles. The summed E-state index contributed by atoms with van der Waals surface area (Å²) in [4.78, 5) is 29.0. The standard InChI is InChI=1S/C22H25N3O2/c26-21(16-25-15-12-17-6-2-3-7-20(17)25)23-19-10-8-18(9-11-19)22(27)24-13-4-1-5-14-24/h2-3,6-11H,1,4-5,12-16H2,(H,23,26). The Morgan fingerprint density at radius 2 is 1.63 bits per heavy atom. The van der Waals surface area contributed by atoms with Crippen LogP contribution in [0.4, 0.5) is 11.4 Å². The molecular weight excluding hydrogens is 338 g/mol. The number of benzene rings is 2. The quantitative estimate of drug-likeness (QED) is 0.907. The molecule has 2 heterocycles. The second-order valence-electron chi connectivity index (χ2n) is 7.28. The third-order valence-corrected chi connectivity index (χ3v) is 5.38. The number of carbonyl (C=O) groups is 2. The molecule has 0 bridgehead atoms. The van der Waals surface area contributed by atoms with Gasteiger partial charge in [0.05, 0.1) is 6.54 Å². The highest BCUT2D eigenvalue weighted by Gasteiger charge is 2.21. The number of piperidine rings is 1. The first-order valence-electron chi connectivity index (χ1n) is 9.73. The molecule has 1 N–H and O–H groups in total. The number of hydrogen-bond acceptors (Lipinski definition) is 3. The van der Waals surface area contributed by atoms with Crippen molar-refractivity contribution in [1.29, 1.82) is 0 Å². The number of nitrogens with zero attached hydrogens (tertiary/aromatic N) is 2. The smallest absolute Gasteiger partial charge is 0.253 e. The Balaban J connectivity index is 1.34. The molecule has 1 fully saturated rings. The van der Waals surface area contributed by atoms with Crippen LogP contribution in [-0.4, -0.2) is 42.9 Å². The first kappa shape index (κ1) is 17.6. The van der Waals surface area contributed by atoms with Crippen LogP contribution in [-0.2, 0) is 11.2 Å². The third-order valence-electron chi connectivity index (χ3n) is 5.38. The highest BCUT2D eigenvalue weighted by Crippen LogP contribution is 2.27. The highest BCUT2D eigenvalue weighted by atomic mass is 16.2. The molecule has 0 spiro atoms. The summed E-state index contributed by atoms with van der Waals surface area (Å²) in [5.74, 6) is 0.0445. The summed E-state index contributed by atoms with van der Waals surface area (Å²) in [6.07, 6.45) is 4.35. The van der Waals surface area contributed by atoms with Crippen LogP contribution in [0.15, 0.2) is 48.5 Å². The van der Waals surface area contributed by atoms with Crippen LogP contribution in [0.5, 0.6) is 0 Å². The maximum absolute atomic E-state index is 12.5. The van der Waals surface area contributed by atoms with E-state index in [0.717, 1.165) is 50.3 Å². The van der Waals surface area contributed by atoms with Crippen molar-refractivity contribution < 1.29 is 9.59 Å². The average Bonchev–Trinajstić information content (AvgIpc) is 3.11. The first-order chi connectivity index (χ1) is 13.2. The van der Waals surface area contributed by atoms with Gasteiger partial charge in [-0.1, -0.05) is 18.2 Å². The maximum Gasteiger partial charge on any atom is 0.253 e. The van der Waals surface area contributed by atoms with Crippen LogP contribution < -0.4 is 10.2 Å². The Hall–Kier alpha value is -2.82. The number of para-hydroxylation sites is 1. The predicted octanol–water partition coefficient (Wildman–Crippen LogP) is 3.31. The van der Waals surface area contributed by atoms with Gasteiger partial charge in [-0.15, -0.1) is 0 Å². The molecule has 0 aliphatic carbocycles. The maximum atomic E-state index is 12.5. The molecule has 0 radical (unpaired) electrons. The van der Waals surface area contributed by atoms with Gasteiger partial charge in [-0.3, -0.25) is 9.59 Å². The zero-order valence-corrected chi connectivity index (χ0v) is 15.5. The molecule has 140 valence electrons. The Labute approximate surface area is 160 Å². The number of fused-ring (bicyclic) bond motifs is 1.